The minimum atomic E-state index is -3.99. The zero-order chi connectivity index (χ0) is 14.4. The van der Waals surface area contributed by atoms with Crippen molar-refractivity contribution in [3.63, 3.8) is 0 Å². The Kier molecular flexibility index (Phi) is 3.53. The average molecular weight is 307 g/mol. The lowest BCUT2D eigenvalue weighted by Crippen LogP contribution is -2.45. The molecule has 1 aliphatic rings. The number of nitrogen functional groups attached to an aromatic ring is 1. The molecule has 1 aliphatic carbocycles. The second-order valence-electron chi connectivity index (χ2n) is 5.41. The number of benzene rings is 1. The maximum Gasteiger partial charge on any atom is 0.244 e. The Bertz CT molecular complexity index is 612. The van der Waals surface area contributed by atoms with Gasteiger partial charge in [0.15, 0.2) is 5.82 Å². The van der Waals surface area contributed by atoms with Gasteiger partial charge in [-0.25, -0.2) is 17.5 Å². The summed E-state index contributed by atoms with van der Waals surface area (Å²) in [7, 11) is -3.99. The number of halogens is 2. The average Bonchev–Trinajstić information content (AvgIpc) is 3.05. The summed E-state index contributed by atoms with van der Waals surface area (Å²) in [6.45, 7) is 3.57. The van der Waals surface area contributed by atoms with Gasteiger partial charge in [0.1, 0.15) is 4.90 Å². The fraction of sp³-hybridized carbons (Fsp3) is 0.500. The first kappa shape index (κ1) is 14.6. The van der Waals surface area contributed by atoms with Crippen LogP contribution < -0.4 is 10.5 Å². The van der Waals surface area contributed by atoms with Gasteiger partial charge >= 0.3 is 0 Å². The van der Waals surface area contributed by atoms with E-state index in [0.29, 0.717) is 0 Å². The monoisotopic (exact) mass is 306 g/mol. The van der Waals surface area contributed by atoms with Crippen molar-refractivity contribution in [1.29, 1.82) is 0 Å². The molecule has 1 saturated carbocycles. The standard InChI is InChI=1S/C12H16ClFN2O2S/c1-12(2,7-3-4-7)16-19(17,18)10-6-8(13)5-9(15)11(10)14/h5-7,16H,3-4,15H2,1-2H3. The van der Waals surface area contributed by atoms with E-state index in [0.717, 1.165) is 18.9 Å². The van der Waals surface area contributed by atoms with Crippen LogP contribution in [0.25, 0.3) is 0 Å². The molecule has 0 bridgehead atoms. The summed E-state index contributed by atoms with van der Waals surface area (Å²) in [5.41, 5.74) is 4.51. The summed E-state index contributed by atoms with van der Waals surface area (Å²) in [5.74, 6) is -0.689. The van der Waals surface area contributed by atoms with Gasteiger partial charge in [0.25, 0.3) is 0 Å². The summed E-state index contributed by atoms with van der Waals surface area (Å²) in [6, 6.07) is 2.25. The number of nitrogens with one attached hydrogen (secondary N) is 1. The minimum absolute atomic E-state index is 0.0866. The van der Waals surface area contributed by atoms with Crippen molar-refractivity contribution >= 4 is 27.3 Å². The maximum absolute atomic E-state index is 13.9. The summed E-state index contributed by atoms with van der Waals surface area (Å²) in [4.78, 5) is -0.508. The third kappa shape index (κ3) is 3.01. The van der Waals surface area contributed by atoms with Crippen LogP contribution in [0, 0.1) is 11.7 Å². The topological polar surface area (TPSA) is 72.2 Å². The normalized spacial score (nSPS) is 16.6. The lowest BCUT2D eigenvalue weighted by Gasteiger charge is -2.26. The molecule has 106 valence electrons. The van der Waals surface area contributed by atoms with Crippen LogP contribution in [0.1, 0.15) is 26.7 Å². The number of anilines is 1. The Labute approximate surface area is 117 Å². The van der Waals surface area contributed by atoms with Gasteiger partial charge in [-0.15, -0.1) is 0 Å². The Morgan fingerprint density at radius 1 is 1.42 bits per heavy atom. The van der Waals surface area contributed by atoms with Gasteiger partial charge in [-0.2, -0.15) is 0 Å². The van der Waals surface area contributed by atoms with E-state index < -0.39 is 26.3 Å². The number of rotatable bonds is 4. The van der Waals surface area contributed by atoms with Crippen molar-refractivity contribution in [2.24, 2.45) is 5.92 Å². The molecule has 0 saturated heterocycles. The fourth-order valence-electron chi connectivity index (χ4n) is 2.07. The maximum atomic E-state index is 13.9. The van der Waals surface area contributed by atoms with E-state index in [1.807, 2.05) is 0 Å². The molecule has 0 heterocycles. The Balaban J connectivity index is 2.39. The van der Waals surface area contributed by atoms with Crippen LogP contribution >= 0.6 is 11.6 Å². The van der Waals surface area contributed by atoms with Gasteiger partial charge < -0.3 is 5.73 Å². The van der Waals surface area contributed by atoms with Crippen LogP contribution in [-0.2, 0) is 10.0 Å². The summed E-state index contributed by atoms with van der Waals surface area (Å²) >= 11 is 5.74. The van der Waals surface area contributed by atoms with E-state index in [2.05, 4.69) is 4.72 Å². The second-order valence-corrected chi connectivity index (χ2v) is 7.50. The first-order valence-electron chi connectivity index (χ1n) is 5.92. The van der Waals surface area contributed by atoms with Gasteiger partial charge in [-0.3, -0.25) is 0 Å². The number of nitrogens with two attached hydrogens (primary N) is 1. The molecule has 7 heteroatoms. The van der Waals surface area contributed by atoms with Crippen LogP contribution in [0.2, 0.25) is 5.02 Å². The van der Waals surface area contributed by atoms with Crippen molar-refractivity contribution in [1.82, 2.24) is 4.72 Å². The lowest BCUT2D eigenvalue weighted by atomic mass is 10.0. The van der Waals surface area contributed by atoms with Gasteiger partial charge in [-0.05, 0) is 44.7 Å². The van der Waals surface area contributed by atoms with E-state index in [9.17, 15) is 12.8 Å². The molecule has 19 heavy (non-hydrogen) atoms. The smallest absolute Gasteiger partial charge is 0.244 e. The molecule has 1 aromatic carbocycles. The molecule has 1 fully saturated rings. The highest BCUT2D eigenvalue weighted by Gasteiger charge is 2.41. The molecule has 0 aromatic heterocycles. The van der Waals surface area contributed by atoms with E-state index in [-0.39, 0.29) is 16.6 Å². The van der Waals surface area contributed by atoms with Crippen LogP contribution in [0.5, 0.6) is 0 Å². The predicted octanol–water partition coefficient (Wildman–Crippen LogP) is 2.53. The summed E-state index contributed by atoms with van der Waals surface area (Å²) in [5, 5.41) is 0.0866. The van der Waals surface area contributed by atoms with Crippen LogP contribution in [-0.4, -0.2) is 14.0 Å². The highest BCUT2D eigenvalue weighted by atomic mass is 35.5. The summed E-state index contributed by atoms with van der Waals surface area (Å²) in [6.07, 6.45) is 1.94. The molecule has 0 spiro atoms. The van der Waals surface area contributed by atoms with E-state index in [1.165, 1.54) is 6.07 Å². The van der Waals surface area contributed by atoms with Gasteiger partial charge in [-0.1, -0.05) is 11.6 Å². The highest BCUT2D eigenvalue weighted by Crippen LogP contribution is 2.40. The van der Waals surface area contributed by atoms with Crippen molar-refractivity contribution in [2.75, 3.05) is 5.73 Å². The van der Waals surface area contributed by atoms with E-state index >= 15 is 0 Å². The Morgan fingerprint density at radius 2 is 2.00 bits per heavy atom. The highest BCUT2D eigenvalue weighted by molar-refractivity contribution is 7.89. The van der Waals surface area contributed by atoms with Crippen LogP contribution in [0.15, 0.2) is 17.0 Å². The predicted molar refractivity (Wildman–Crippen MR) is 72.9 cm³/mol. The third-order valence-electron chi connectivity index (χ3n) is 3.32. The first-order valence-corrected chi connectivity index (χ1v) is 7.78. The van der Waals surface area contributed by atoms with Gasteiger partial charge in [0, 0.05) is 10.6 Å². The number of hydrogen-bond acceptors (Lipinski definition) is 3. The molecule has 1 aromatic rings. The van der Waals surface area contributed by atoms with Gasteiger partial charge in [0.2, 0.25) is 10.0 Å². The summed E-state index contributed by atoms with van der Waals surface area (Å²) < 4.78 is 40.9. The molecular formula is C12H16ClFN2O2S. The lowest BCUT2D eigenvalue weighted by molar-refractivity contribution is 0.399. The fourth-order valence-corrected chi connectivity index (χ4v) is 3.97. The number of sulfonamides is 1. The first-order chi connectivity index (χ1) is 8.63. The van der Waals surface area contributed by atoms with Gasteiger partial charge in [0.05, 0.1) is 5.69 Å². The SMILES string of the molecule is CC(C)(NS(=O)(=O)c1cc(Cl)cc(N)c1F)C1CC1. The minimum Gasteiger partial charge on any atom is -0.396 e. The quantitative estimate of drug-likeness (QED) is 0.840. The molecule has 0 radical (unpaired) electrons. The van der Waals surface area contributed by atoms with Crippen molar-refractivity contribution in [2.45, 2.75) is 37.1 Å². The molecule has 0 unspecified atom stereocenters. The zero-order valence-corrected chi connectivity index (χ0v) is 12.3. The van der Waals surface area contributed by atoms with Crippen molar-refractivity contribution in [3.05, 3.63) is 23.0 Å². The second kappa shape index (κ2) is 4.61. The molecule has 0 amide bonds. The number of hydrogen-bond donors (Lipinski definition) is 2. The molecule has 4 nitrogen and oxygen atoms in total. The Morgan fingerprint density at radius 3 is 2.53 bits per heavy atom. The van der Waals surface area contributed by atoms with Crippen LogP contribution in [0.4, 0.5) is 10.1 Å². The molecule has 0 aliphatic heterocycles. The Hall–Kier alpha value is -0.850. The third-order valence-corrected chi connectivity index (χ3v) is 5.21. The van der Waals surface area contributed by atoms with E-state index in [4.69, 9.17) is 17.3 Å². The largest absolute Gasteiger partial charge is 0.396 e. The van der Waals surface area contributed by atoms with Crippen molar-refractivity contribution in [3.8, 4) is 0 Å². The molecule has 2 rings (SSSR count). The van der Waals surface area contributed by atoms with Crippen LogP contribution in [0.3, 0.4) is 0 Å². The molecule has 0 atom stereocenters. The van der Waals surface area contributed by atoms with E-state index in [1.54, 1.807) is 13.8 Å². The molecular weight excluding hydrogens is 291 g/mol. The zero-order valence-electron chi connectivity index (χ0n) is 10.7. The van der Waals surface area contributed by atoms with Crippen molar-refractivity contribution < 1.29 is 12.8 Å². The molecule has 3 N–H and O–H groups in total.